The molecule has 3 N–H and O–H groups in total. The number of terminal acetylenes is 1. The topological polar surface area (TPSA) is 47.5 Å². The fourth-order valence-electron chi connectivity index (χ4n) is 4.08. The Kier molecular flexibility index (Phi) is 6.46. The molecule has 2 aliphatic heterocycles. The van der Waals surface area contributed by atoms with Crippen molar-refractivity contribution >= 4 is 31.9 Å². The number of rotatable bonds is 1. The highest BCUT2D eigenvalue weighted by Gasteiger charge is 2.37. The largest absolute Gasteiger partial charge is 0.507 e. The minimum Gasteiger partial charge on any atom is -0.507 e. The van der Waals surface area contributed by atoms with Crippen molar-refractivity contribution in [1.82, 2.24) is 15.5 Å². The summed E-state index contributed by atoms with van der Waals surface area (Å²) in [5, 5.41) is 17.2. The number of piperazine rings is 1. The molecule has 0 radical (unpaired) electrons. The summed E-state index contributed by atoms with van der Waals surface area (Å²) in [6.07, 6.45) is 14.3. The van der Waals surface area contributed by atoms with Crippen LogP contribution in [0.2, 0.25) is 0 Å². The summed E-state index contributed by atoms with van der Waals surface area (Å²) in [6, 6.07) is 4.49. The van der Waals surface area contributed by atoms with Gasteiger partial charge in [-0.1, -0.05) is 6.07 Å². The molecule has 1 aliphatic carbocycles. The summed E-state index contributed by atoms with van der Waals surface area (Å²) in [5.74, 6) is 0.332. The van der Waals surface area contributed by atoms with Crippen LogP contribution < -0.4 is 10.6 Å². The van der Waals surface area contributed by atoms with Crippen molar-refractivity contribution in [2.45, 2.75) is 24.9 Å². The van der Waals surface area contributed by atoms with Crippen LogP contribution >= 0.6 is 31.9 Å². The van der Waals surface area contributed by atoms with E-state index in [-0.39, 0.29) is 12.1 Å². The SMILES string of the molecule is C#C.Oc1ccc2c(c1Br)CCC1=CC(Br)=CNC1[C@@H]2N1CCNCC1. The first-order chi connectivity index (χ1) is 12.6. The first kappa shape index (κ1) is 19.5. The average molecular weight is 481 g/mol. The lowest BCUT2D eigenvalue weighted by Crippen LogP contribution is -2.51. The maximum atomic E-state index is 10.1. The van der Waals surface area contributed by atoms with Crippen molar-refractivity contribution in [2.75, 3.05) is 26.2 Å². The Morgan fingerprint density at radius 3 is 2.58 bits per heavy atom. The Morgan fingerprint density at radius 2 is 1.85 bits per heavy atom. The first-order valence-electron chi connectivity index (χ1n) is 8.75. The molecule has 2 atom stereocenters. The lowest BCUT2D eigenvalue weighted by molar-refractivity contribution is 0.152. The van der Waals surface area contributed by atoms with E-state index in [1.54, 1.807) is 0 Å². The number of hydrogen-bond acceptors (Lipinski definition) is 4. The summed E-state index contributed by atoms with van der Waals surface area (Å²) in [5.41, 5.74) is 4.00. The van der Waals surface area contributed by atoms with Gasteiger partial charge >= 0.3 is 0 Å². The van der Waals surface area contributed by atoms with Crippen LogP contribution in [0.4, 0.5) is 0 Å². The molecule has 138 valence electrons. The number of fused-ring (bicyclic) bond motifs is 2. The van der Waals surface area contributed by atoms with Crippen molar-refractivity contribution in [3.63, 3.8) is 0 Å². The number of phenols is 1. The molecule has 4 rings (SSSR count). The van der Waals surface area contributed by atoms with Gasteiger partial charge in [-0.2, -0.15) is 0 Å². The molecule has 1 saturated heterocycles. The molecule has 0 spiro atoms. The number of benzene rings is 1. The molecule has 1 fully saturated rings. The number of nitrogens with one attached hydrogen (secondary N) is 2. The van der Waals surface area contributed by atoms with Gasteiger partial charge in [0.2, 0.25) is 0 Å². The number of allylic oxidation sites excluding steroid dienone is 2. The van der Waals surface area contributed by atoms with Gasteiger partial charge in [0.05, 0.1) is 16.6 Å². The Bertz CT molecular complexity index is 751. The molecule has 6 heteroatoms. The number of nitrogens with zero attached hydrogens (tertiary/aromatic N) is 1. The quantitative estimate of drug-likeness (QED) is 0.539. The molecule has 0 aromatic heterocycles. The zero-order valence-electron chi connectivity index (χ0n) is 14.5. The Labute approximate surface area is 172 Å². The fourth-order valence-corrected chi connectivity index (χ4v) is 5.06. The molecular formula is C20H23Br2N3O. The predicted octanol–water partition coefficient (Wildman–Crippen LogP) is 3.43. The van der Waals surface area contributed by atoms with Crippen molar-refractivity contribution in [3.05, 3.63) is 50.1 Å². The molecule has 0 amide bonds. The molecule has 2 heterocycles. The van der Waals surface area contributed by atoms with E-state index >= 15 is 0 Å². The summed E-state index contributed by atoms with van der Waals surface area (Å²) < 4.78 is 1.95. The number of halogens is 2. The van der Waals surface area contributed by atoms with Crippen LogP contribution in [-0.2, 0) is 6.42 Å². The molecular weight excluding hydrogens is 458 g/mol. The summed E-state index contributed by atoms with van der Waals surface area (Å²) in [7, 11) is 0. The third kappa shape index (κ3) is 3.72. The van der Waals surface area contributed by atoms with Crippen LogP contribution in [0.25, 0.3) is 0 Å². The van der Waals surface area contributed by atoms with Gasteiger partial charge in [0.15, 0.2) is 0 Å². The second-order valence-corrected chi connectivity index (χ2v) is 8.30. The van der Waals surface area contributed by atoms with E-state index in [2.05, 4.69) is 78.6 Å². The lowest BCUT2D eigenvalue weighted by atomic mass is 9.90. The highest BCUT2D eigenvalue weighted by molar-refractivity contribution is 9.12. The lowest BCUT2D eigenvalue weighted by Gasteiger charge is -2.41. The number of hydrogen-bond donors (Lipinski definition) is 3. The third-order valence-electron chi connectivity index (χ3n) is 5.23. The normalized spacial score (nSPS) is 25.2. The monoisotopic (exact) mass is 479 g/mol. The smallest absolute Gasteiger partial charge is 0.130 e. The third-order valence-corrected chi connectivity index (χ3v) is 6.57. The van der Waals surface area contributed by atoms with Crippen molar-refractivity contribution in [1.29, 1.82) is 0 Å². The van der Waals surface area contributed by atoms with E-state index in [1.165, 1.54) is 16.7 Å². The van der Waals surface area contributed by atoms with Crippen molar-refractivity contribution in [2.24, 2.45) is 0 Å². The van der Waals surface area contributed by atoms with E-state index in [9.17, 15) is 5.11 Å². The van der Waals surface area contributed by atoms with Crippen LogP contribution in [0, 0.1) is 12.8 Å². The van der Waals surface area contributed by atoms with E-state index in [1.807, 2.05) is 6.07 Å². The fraction of sp³-hybridized carbons (Fsp3) is 0.400. The minimum absolute atomic E-state index is 0.280. The van der Waals surface area contributed by atoms with Gasteiger partial charge in [-0.15, -0.1) is 12.8 Å². The predicted molar refractivity (Wildman–Crippen MR) is 113 cm³/mol. The highest BCUT2D eigenvalue weighted by Crippen LogP contribution is 2.43. The molecule has 0 saturated carbocycles. The molecule has 1 aromatic rings. The first-order valence-corrected chi connectivity index (χ1v) is 10.3. The van der Waals surface area contributed by atoms with E-state index < -0.39 is 0 Å². The van der Waals surface area contributed by atoms with Gasteiger partial charge in [0.1, 0.15) is 5.75 Å². The maximum Gasteiger partial charge on any atom is 0.130 e. The molecule has 26 heavy (non-hydrogen) atoms. The van der Waals surface area contributed by atoms with Crippen molar-refractivity contribution in [3.8, 4) is 18.6 Å². The zero-order valence-corrected chi connectivity index (χ0v) is 17.7. The Hall–Kier alpha value is -1.26. The minimum atomic E-state index is 0.280. The molecule has 0 bridgehead atoms. The second kappa shape index (κ2) is 8.62. The highest BCUT2D eigenvalue weighted by atomic mass is 79.9. The second-order valence-electron chi connectivity index (χ2n) is 6.59. The summed E-state index contributed by atoms with van der Waals surface area (Å²) in [6.45, 7) is 4.13. The van der Waals surface area contributed by atoms with Gasteiger partial charge in [0.25, 0.3) is 0 Å². The van der Waals surface area contributed by atoms with Crippen LogP contribution in [0.5, 0.6) is 5.75 Å². The van der Waals surface area contributed by atoms with Crippen LogP contribution in [0.15, 0.2) is 38.9 Å². The van der Waals surface area contributed by atoms with Gasteiger partial charge in [-0.05, 0) is 73.5 Å². The molecule has 3 aliphatic rings. The van der Waals surface area contributed by atoms with Crippen molar-refractivity contribution < 1.29 is 5.11 Å². The van der Waals surface area contributed by atoms with Crippen LogP contribution in [0.1, 0.15) is 23.6 Å². The van der Waals surface area contributed by atoms with E-state index in [4.69, 9.17) is 0 Å². The van der Waals surface area contributed by atoms with E-state index in [0.717, 1.165) is 48.0 Å². The number of phenolic OH excluding ortho intramolecular Hbond substituents is 1. The van der Waals surface area contributed by atoms with Crippen LogP contribution in [0.3, 0.4) is 0 Å². The van der Waals surface area contributed by atoms with Gasteiger partial charge in [0, 0.05) is 36.9 Å². The molecule has 4 nitrogen and oxygen atoms in total. The van der Waals surface area contributed by atoms with Gasteiger partial charge in [-0.25, -0.2) is 0 Å². The molecule has 1 aromatic carbocycles. The van der Waals surface area contributed by atoms with E-state index in [0.29, 0.717) is 5.75 Å². The van der Waals surface area contributed by atoms with Gasteiger partial charge < -0.3 is 15.7 Å². The Morgan fingerprint density at radius 1 is 1.12 bits per heavy atom. The number of aromatic hydroxyl groups is 1. The van der Waals surface area contributed by atoms with Gasteiger partial charge in [-0.3, -0.25) is 4.90 Å². The zero-order chi connectivity index (χ0) is 18.7. The number of dihydropyridines is 1. The summed E-state index contributed by atoms with van der Waals surface area (Å²) in [4.78, 5) is 2.57. The Balaban J connectivity index is 0.000000948. The van der Waals surface area contributed by atoms with Crippen LogP contribution in [-0.4, -0.2) is 42.2 Å². The maximum absolute atomic E-state index is 10.1. The average Bonchev–Trinajstić information content (AvgIpc) is 2.84. The standard InChI is InChI=1S/C18H21Br2N3O.C2H2/c19-12-9-11-1-2-13-14(3-4-15(24)16(13)20)18(17(11)22-10-12)23-7-5-21-6-8-23;1-2/h3-4,9-10,17-18,21-22,24H,1-2,5-8H2;1-2H/t17?,18-;/m1./s1. The summed E-state index contributed by atoms with van der Waals surface area (Å²) >= 11 is 7.22. The molecule has 1 unspecified atom stereocenters.